The van der Waals surface area contributed by atoms with Crippen molar-refractivity contribution in [2.75, 3.05) is 7.05 Å². The Bertz CT molecular complexity index is 1190. The first kappa shape index (κ1) is 18.9. The smallest absolute Gasteiger partial charge is 0.254 e. The second-order valence-corrected chi connectivity index (χ2v) is 7.14. The van der Waals surface area contributed by atoms with Crippen molar-refractivity contribution in [1.29, 1.82) is 0 Å². The Morgan fingerprint density at radius 2 is 1.97 bits per heavy atom. The number of pyridine rings is 1. The molecule has 7 heteroatoms. The number of carbonyl (C=O) groups is 1. The Labute approximate surface area is 169 Å². The van der Waals surface area contributed by atoms with Crippen molar-refractivity contribution in [3.05, 3.63) is 65.7 Å². The zero-order valence-electron chi connectivity index (χ0n) is 17.1. The van der Waals surface area contributed by atoms with Gasteiger partial charge >= 0.3 is 0 Å². The third kappa shape index (κ3) is 3.40. The van der Waals surface area contributed by atoms with Crippen molar-refractivity contribution < 1.29 is 4.79 Å². The number of para-hydroxylation sites is 1. The minimum absolute atomic E-state index is 0.0461. The van der Waals surface area contributed by atoms with Crippen LogP contribution < -0.4 is 0 Å². The van der Waals surface area contributed by atoms with Gasteiger partial charge in [0.25, 0.3) is 5.91 Å². The third-order valence-electron chi connectivity index (χ3n) is 5.31. The monoisotopic (exact) mass is 388 g/mol. The quantitative estimate of drug-likeness (QED) is 0.525. The first-order valence-corrected chi connectivity index (χ1v) is 9.64. The fraction of sp³-hybridized carbons (Fsp3) is 0.273. The molecule has 3 heterocycles. The maximum absolute atomic E-state index is 13.4. The summed E-state index contributed by atoms with van der Waals surface area (Å²) in [6.45, 7) is 5.30. The second kappa shape index (κ2) is 7.50. The molecule has 29 heavy (non-hydrogen) atoms. The van der Waals surface area contributed by atoms with Crippen LogP contribution in [-0.2, 0) is 20.1 Å². The lowest BCUT2D eigenvalue weighted by Gasteiger charge is -2.19. The van der Waals surface area contributed by atoms with E-state index in [2.05, 4.69) is 10.2 Å². The molecule has 0 aliphatic heterocycles. The number of aryl methyl sites for hydroxylation is 2. The van der Waals surface area contributed by atoms with Gasteiger partial charge in [-0.2, -0.15) is 10.2 Å². The molecule has 0 radical (unpaired) electrons. The van der Waals surface area contributed by atoms with Gasteiger partial charge in [-0.3, -0.25) is 14.2 Å². The summed E-state index contributed by atoms with van der Waals surface area (Å²) in [4.78, 5) is 19.9. The summed E-state index contributed by atoms with van der Waals surface area (Å²) in [5.74, 6) is -0.0461. The fourth-order valence-electron chi connectivity index (χ4n) is 3.54. The molecule has 7 nitrogen and oxygen atoms in total. The van der Waals surface area contributed by atoms with Crippen LogP contribution in [0.4, 0.5) is 0 Å². The summed E-state index contributed by atoms with van der Waals surface area (Å²) in [5, 5.41) is 9.46. The van der Waals surface area contributed by atoms with Crippen molar-refractivity contribution in [3.63, 3.8) is 0 Å². The van der Waals surface area contributed by atoms with E-state index in [1.165, 1.54) is 0 Å². The van der Waals surface area contributed by atoms with Crippen molar-refractivity contribution in [2.45, 2.75) is 26.9 Å². The lowest BCUT2D eigenvalue weighted by atomic mass is 10.0. The zero-order chi connectivity index (χ0) is 20.5. The average Bonchev–Trinajstić information content (AvgIpc) is 3.32. The molecular weight excluding hydrogens is 364 g/mol. The summed E-state index contributed by atoms with van der Waals surface area (Å²) in [6, 6.07) is 11.6. The van der Waals surface area contributed by atoms with Crippen LogP contribution in [0.2, 0.25) is 0 Å². The summed E-state index contributed by atoms with van der Waals surface area (Å²) >= 11 is 0. The molecule has 0 bridgehead atoms. The third-order valence-corrected chi connectivity index (χ3v) is 5.31. The molecule has 0 unspecified atom stereocenters. The lowest BCUT2D eigenvalue weighted by molar-refractivity contribution is 0.0783. The molecule has 3 aromatic heterocycles. The van der Waals surface area contributed by atoms with E-state index in [9.17, 15) is 4.79 Å². The van der Waals surface area contributed by atoms with Crippen LogP contribution >= 0.6 is 0 Å². The number of amides is 1. The van der Waals surface area contributed by atoms with E-state index in [0.717, 1.165) is 40.1 Å². The highest BCUT2D eigenvalue weighted by Crippen LogP contribution is 2.27. The van der Waals surface area contributed by atoms with E-state index < -0.39 is 0 Å². The predicted molar refractivity (Wildman–Crippen MR) is 112 cm³/mol. The van der Waals surface area contributed by atoms with E-state index in [-0.39, 0.29) is 5.91 Å². The molecule has 0 saturated heterocycles. The number of nitrogens with zero attached hydrogens (tertiary/aromatic N) is 6. The minimum atomic E-state index is -0.0461. The van der Waals surface area contributed by atoms with Crippen LogP contribution in [-0.4, -0.2) is 42.4 Å². The van der Waals surface area contributed by atoms with Crippen LogP contribution in [0.1, 0.15) is 28.7 Å². The molecule has 4 aromatic rings. The van der Waals surface area contributed by atoms with Crippen molar-refractivity contribution in [1.82, 2.24) is 29.4 Å². The Kier molecular flexibility index (Phi) is 4.88. The minimum Gasteiger partial charge on any atom is -0.336 e. The molecule has 1 aromatic carbocycles. The summed E-state index contributed by atoms with van der Waals surface area (Å²) < 4.78 is 3.71. The van der Waals surface area contributed by atoms with E-state index in [0.29, 0.717) is 12.1 Å². The number of carbonyl (C=O) groups excluding carboxylic acids is 1. The molecule has 0 atom stereocenters. The van der Waals surface area contributed by atoms with Crippen LogP contribution in [0, 0.1) is 6.92 Å². The fourth-order valence-corrected chi connectivity index (χ4v) is 3.54. The summed E-state index contributed by atoms with van der Waals surface area (Å²) in [5.41, 5.74) is 5.13. The average molecular weight is 388 g/mol. The Morgan fingerprint density at radius 1 is 1.17 bits per heavy atom. The van der Waals surface area contributed by atoms with Gasteiger partial charge in [-0.15, -0.1) is 0 Å². The highest BCUT2D eigenvalue weighted by molar-refractivity contribution is 6.07. The highest BCUT2D eigenvalue weighted by atomic mass is 16.2. The maximum atomic E-state index is 13.4. The first-order valence-electron chi connectivity index (χ1n) is 9.64. The number of hydrogen-bond donors (Lipinski definition) is 0. The van der Waals surface area contributed by atoms with Gasteiger partial charge in [-0.05, 0) is 32.0 Å². The first-order chi connectivity index (χ1) is 14.0. The molecule has 1 amide bonds. The molecular formula is C22H24N6O. The molecule has 0 fully saturated rings. The normalized spacial score (nSPS) is 11.2. The van der Waals surface area contributed by atoms with Gasteiger partial charge in [0.1, 0.15) is 0 Å². The second-order valence-electron chi connectivity index (χ2n) is 7.14. The van der Waals surface area contributed by atoms with Gasteiger partial charge < -0.3 is 4.90 Å². The number of aromatic nitrogens is 5. The predicted octanol–water partition coefficient (Wildman–Crippen LogP) is 3.43. The van der Waals surface area contributed by atoms with Gasteiger partial charge in [0.05, 0.1) is 35.2 Å². The molecule has 0 aliphatic carbocycles. The topological polar surface area (TPSA) is 68.8 Å². The molecule has 148 valence electrons. The van der Waals surface area contributed by atoms with Crippen LogP contribution in [0.25, 0.3) is 22.2 Å². The van der Waals surface area contributed by atoms with Crippen LogP contribution in [0.3, 0.4) is 0 Å². The van der Waals surface area contributed by atoms with Gasteiger partial charge in [0.2, 0.25) is 0 Å². The zero-order valence-corrected chi connectivity index (χ0v) is 17.1. The van der Waals surface area contributed by atoms with Crippen LogP contribution in [0.15, 0.2) is 48.8 Å². The molecule has 0 N–H and O–H groups in total. The largest absolute Gasteiger partial charge is 0.336 e. The lowest BCUT2D eigenvalue weighted by Crippen LogP contribution is -2.27. The van der Waals surface area contributed by atoms with Gasteiger partial charge in [0.15, 0.2) is 0 Å². The van der Waals surface area contributed by atoms with Crippen molar-refractivity contribution in [2.24, 2.45) is 7.05 Å². The molecule has 0 spiro atoms. The standard InChI is InChI=1S/C22H24N6O/c1-5-28-16(10-11-23-28)14-26(3)22(29)18-12-21(19-13-24-27(4)15(19)2)25-20-9-7-6-8-17(18)20/h6-13H,5,14H2,1-4H3. The Balaban J connectivity index is 1.77. The number of fused-ring (bicyclic) bond motifs is 1. The van der Waals surface area contributed by atoms with Gasteiger partial charge in [-0.1, -0.05) is 18.2 Å². The van der Waals surface area contributed by atoms with Crippen molar-refractivity contribution >= 4 is 16.8 Å². The van der Waals surface area contributed by atoms with Gasteiger partial charge in [-0.25, -0.2) is 4.98 Å². The van der Waals surface area contributed by atoms with E-state index in [4.69, 9.17) is 4.98 Å². The molecule has 0 saturated carbocycles. The Morgan fingerprint density at radius 3 is 2.69 bits per heavy atom. The highest BCUT2D eigenvalue weighted by Gasteiger charge is 2.20. The SMILES string of the molecule is CCn1nccc1CN(C)C(=O)c1cc(-c2cnn(C)c2C)nc2ccccc12. The van der Waals surface area contributed by atoms with Gasteiger partial charge in [0, 0.05) is 43.5 Å². The Hall–Kier alpha value is -3.48. The molecule has 0 aliphatic rings. The number of hydrogen-bond acceptors (Lipinski definition) is 4. The summed E-state index contributed by atoms with van der Waals surface area (Å²) in [7, 11) is 3.72. The van der Waals surface area contributed by atoms with Crippen molar-refractivity contribution in [3.8, 4) is 11.3 Å². The molecule has 4 rings (SSSR count). The van der Waals surface area contributed by atoms with E-state index in [1.807, 2.05) is 73.7 Å². The maximum Gasteiger partial charge on any atom is 0.254 e. The summed E-state index contributed by atoms with van der Waals surface area (Å²) in [6.07, 6.45) is 3.56. The number of benzene rings is 1. The van der Waals surface area contributed by atoms with Crippen LogP contribution in [0.5, 0.6) is 0 Å². The van der Waals surface area contributed by atoms with E-state index in [1.54, 1.807) is 17.3 Å². The number of rotatable bonds is 5. The van der Waals surface area contributed by atoms with E-state index >= 15 is 0 Å².